The third kappa shape index (κ3) is 9.15. The van der Waals surface area contributed by atoms with Gasteiger partial charge in [-0.25, -0.2) is 4.39 Å². The Labute approximate surface area is 238 Å². The SMILES string of the molecule is Cc1ccc(CNC(=O)c2cn(CCC(F)CN3C=C(NC(=O)Cc4cccc(OC(F)(F)F)c4)N(C)N3)nn2)cn1. The largest absolute Gasteiger partial charge is 0.573 e. The van der Waals surface area contributed by atoms with Gasteiger partial charge in [-0.3, -0.25) is 29.3 Å². The zero-order valence-electron chi connectivity index (χ0n) is 22.7. The number of benzene rings is 1. The summed E-state index contributed by atoms with van der Waals surface area (Å²) in [6.07, 6.45) is -1.65. The quantitative estimate of drug-likeness (QED) is 0.272. The fourth-order valence-corrected chi connectivity index (χ4v) is 3.91. The van der Waals surface area contributed by atoms with Crippen molar-refractivity contribution < 1.29 is 31.9 Å². The Balaban J connectivity index is 1.21. The number of rotatable bonds is 12. The van der Waals surface area contributed by atoms with E-state index in [1.54, 1.807) is 13.2 Å². The van der Waals surface area contributed by atoms with E-state index < -0.39 is 30.1 Å². The van der Waals surface area contributed by atoms with Gasteiger partial charge in [-0.15, -0.1) is 23.8 Å². The fraction of sp³-hybridized carbons (Fsp3) is 0.346. The Morgan fingerprint density at radius 1 is 1.17 bits per heavy atom. The third-order valence-corrected chi connectivity index (χ3v) is 5.95. The molecule has 16 heteroatoms. The Morgan fingerprint density at radius 3 is 2.71 bits per heavy atom. The second-order valence-corrected chi connectivity index (χ2v) is 9.49. The van der Waals surface area contributed by atoms with Crippen LogP contribution in [0.15, 0.2) is 60.8 Å². The molecule has 1 unspecified atom stereocenters. The van der Waals surface area contributed by atoms with Gasteiger partial charge in [0.15, 0.2) is 5.69 Å². The van der Waals surface area contributed by atoms with Crippen LogP contribution in [0.2, 0.25) is 0 Å². The molecule has 0 aliphatic carbocycles. The lowest BCUT2D eigenvalue weighted by atomic mass is 10.1. The number of hydrazine groups is 2. The van der Waals surface area contributed by atoms with E-state index in [0.717, 1.165) is 23.4 Å². The van der Waals surface area contributed by atoms with Crippen LogP contribution in [-0.2, 0) is 24.3 Å². The maximum atomic E-state index is 14.7. The summed E-state index contributed by atoms with van der Waals surface area (Å²) >= 11 is 0. The summed E-state index contributed by atoms with van der Waals surface area (Å²) in [5.74, 6) is -0.999. The number of carbonyl (C=O) groups is 2. The van der Waals surface area contributed by atoms with Gasteiger partial charge >= 0.3 is 6.36 Å². The first kappa shape index (κ1) is 30.2. The Hall–Kier alpha value is -4.73. The molecule has 0 bridgehead atoms. The molecule has 0 saturated carbocycles. The van der Waals surface area contributed by atoms with Gasteiger partial charge in [0.25, 0.3) is 5.91 Å². The number of hydrogen-bond donors (Lipinski definition) is 3. The highest BCUT2D eigenvalue weighted by atomic mass is 19.4. The van der Waals surface area contributed by atoms with Gasteiger partial charge in [0.2, 0.25) is 5.91 Å². The molecule has 1 aliphatic heterocycles. The van der Waals surface area contributed by atoms with Crippen molar-refractivity contribution in [1.82, 2.24) is 46.2 Å². The molecule has 2 amide bonds. The lowest BCUT2D eigenvalue weighted by Crippen LogP contribution is -2.43. The molecule has 0 radical (unpaired) electrons. The molecule has 1 atom stereocenters. The van der Waals surface area contributed by atoms with Gasteiger partial charge in [-0.2, -0.15) is 0 Å². The molecule has 1 aliphatic rings. The molecule has 0 spiro atoms. The fourth-order valence-electron chi connectivity index (χ4n) is 3.91. The minimum Gasteiger partial charge on any atom is -0.406 e. The highest BCUT2D eigenvalue weighted by molar-refractivity contribution is 5.91. The molecular formula is C26H29F4N9O3. The number of aromatic nitrogens is 4. The number of alkyl halides is 4. The van der Waals surface area contributed by atoms with Crippen LogP contribution in [0.4, 0.5) is 17.6 Å². The summed E-state index contributed by atoms with van der Waals surface area (Å²) in [5.41, 5.74) is 5.01. The average molecular weight is 592 g/mol. The molecule has 0 fully saturated rings. The van der Waals surface area contributed by atoms with E-state index in [1.165, 1.54) is 39.2 Å². The van der Waals surface area contributed by atoms with Crippen LogP contribution in [0.25, 0.3) is 0 Å². The van der Waals surface area contributed by atoms with Crippen molar-refractivity contribution in [2.75, 3.05) is 13.6 Å². The number of nitrogens with one attached hydrogen (secondary N) is 3. The van der Waals surface area contributed by atoms with Crippen LogP contribution in [0.3, 0.4) is 0 Å². The molecule has 3 N–H and O–H groups in total. The predicted octanol–water partition coefficient (Wildman–Crippen LogP) is 2.36. The Kier molecular flexibility index (Phi) is 9.57. The number of nitrogens with zero attached hydrogens (tertiary/aromatic N) is 6. The second-order valence-electron chi connectivity index (χ2n) is 9.49. The standard InChI is InChI=1S/C26H29F4N9O3/c1-17-6-7-19(12-31-17)13-32-25(41)22-15-38(35-34-22)9-8-20(27)14-39-16-23(37(2)36-39)33-24(40)11-18-4-3-5-21(10-18)42-26(28,29)30/h3-7,10,12,15-16,20,36H,8-9,11,13-14H2,1-2H3,(H,32,41)(H,33,40). The van der Waals surface area contributed by atoms with Crippen LogP contribution >= 0.6 is 0 Å². The molecule has 3 heterocycles. The number of pyridine rings is 1. The summed E-state index contributed by atoms with van der Waals surface area (Å²) in [5, 5.41) is 16.0. The van der Waals surface area contributed by atoms with Crippen LogP contribution < -0.4 is 20.9 Å². The normalized spacial score (nSPS) is 14.0. The number of aryl methyl sites for hydroxylation is 2. The van der Waals surface area contributed by atoms with Crippen molar-refractivity contribution in [2.45, 2.75) is 45.4 Å². The van der Waals surface area contributed by atoms with E-state index in [4.69, 9.17) is 0 Å². The maximum absolute atomic E-state index is 14.7. The minimum absolute atomic E-state index is 0.0623. The highest BCUT2D eigenvalue weighted by Crippen LogP contribution is 2.23. The molecular weight excluding hydrogens is 562 g/mol. The van der Waals surface area contributed by atoms with Crippen molar-refractivity contribution in [3.8, 4) is 5.75 Å². The number of amides is 2. The summed E-state index contributed by atoms with van der Waals surface area (Å²) in [6, 6.07) is 8.83. The van der Waals surface area contributed by atoms with Gasteiger partial charge in [-0.1, -0.05) is 23.4 Å². The van der Waals surface area contributed by atoms with Crippen LogP contribution in [0, 0.1) is 6.92 Å². The summed E-state index contributed by atoms with van der Waals surface area (Å²) in [4.78, 5) is 29.0. The van der Waals surface area contributed by atoms with Crippen LogP contribution in [0.5, 0.6) is 5.75 Å². The third-order valence-electron chi connectivity index (χ3n) is 5.95. The first-order chi connectivity index (χ1) is 19.9. The number of ether oxygens (including phenoxy) is 1. The smallest absolute Gasteiger partial charge is 0.406 e. The van der Waals surface area contributed by atoms with Gasteiger partial charge in [0.05, 0.1) is 25.4 Å². The highest BCUT2D eigenvalue weighted by Gasteiger charge is 2.31. The molecule has 224 valence electrons. The van der Waals surface area contributed by atoms with E-state index >= 15 is 0 Å². The monoisotopic (exact) mass is 591 g/mol. The number of halogens is 4. The molecule has 2 aromatic heterocycles. The predicted molar refractivity (Wildman–Crippen MR) is 140 cm³/mol. The first-order valence-electron chi connectivity index (χ1n) is 12.8. The molecule has 42 heavy (non-hydrogen) atoms. The van der Waals surface area contributed by atoms with Crippen LogP contribution in [-0.4, -0.2) is 67.9 Å². The Morgan fingerprint density at radius 2 is 1.98 bits per heavy atom. The molecule has 3 aromatic rings. The van der Waals surface area contributed by atoms with Crippen molar-refractivity contribution in [3.63, 3.8) is 0 Å². The number of hydrogen-bond acceptors (Lipinski definition) is 9. The van der Waals surface area contributed by atoms with E-state index in [2.05, 4.69) is 36.2 Å². The van der Waals surface area contributed by atoms with E-state index in [9.17, 15) is 27.2 Å². The average Bonchev–Trinajstić information content (AvgIpc) is 3.52. The van der Waals surface area contributed by atoms with Crippen molar-refractivity contribution in [1.29, 1.82) is 0 Å². The van der Waals surface area contributed by atoms with E-state index in [1.807, 2.05) is 19.1 Å². The summed E-state index contributed by atoms with van der Waals surface area (Å²) < 4.78 is 57.4. The van der Waals surface area contributed by atoms with Crippen LogP contribution in [0.1, 0.15) is 33.7 Å². The van der Waals surface area contributed by atoms with Crippen molar-refractivity contribution >= 4 is 11.8 Å². The first-order valence-corrected chi connectivity index (χ1v) is 12.8. The maximum Gasteiger partial charge on any atom is 0.573 e. The zero-order chi connectivity index (χ0) is 30.3. The molecule has 4 rings (SSSR count). The molecule has 0 saturated heterocycles. The summed E-state index contributed by atoms with van der Waals surface area (Å²) in [7, 11) is 1.61. The molecule has 12 nitrogen and oxygen atoms in total. The zero-order valence-corrected chi connectivity index (χ0v) is 22.7. The summed E-state index contributed by atoms with van der Waals surface area (Å²) in [6.45, 7) is 2.26. The lowest BCUT2D eigenvalue weighted by Gasteiger charge is -2.22. The van der Waals surface area contributed by atoms with E-state index in [0.29, 0.717) is 11.4 Å². The van der Waals surface area contributed by atoms with Gasteiger partial charge < -0.3 is 15.4 Å². The van der Waals surface area contributed by atoms with E-state index in [-0.39, 0.29) is 38.2 Å². The van der Waals surface area contributed by atoms with Gasteiger partial charge in [0.1, 0.15) is 17.7 Å². The van der Waals surface area contributed by atoms with Gasteiger partial charge in [0, 0.05) is 38.4 Å². The molecule has 1 aromatic carbocycles. The number of carbonyl (C=O) groups excluding carboxylic acids is 2. The van der Waals surface area contributed by atoms with Crippen molar-refractivity contribution in [2.24, 2.45) is 0 Å². The minimum atomic E-state index is -4.84. The van der Waals surface area contributed by atoms with Gasteiger partial charge in [-0.05, 0) is 36.2 Å². The lowest BCUT2D eigenvalue weighted by molar-refractivity contribution is -0.274. The Bertz CT molecular complexity index is 1410. The topological polar surface area (TPSA) is 130 Å². The van der Waals surface area contributed by atoms with Crippen molar-refractivity contribution in [3.05, 3.63) is 83.3 Å². The second kappa shape index (κ2) is 13.3.